The average molecular weight is 293 g/mol. The maximum atomic E-state index is 5.95. The van der Waals surface area contributed by atoms with Crippen molar-refractivity contribution in [1.82, 2.24) is 9.55 Å². The van der Waals surface area contributed by atoms with Crippen LogP contribution in [0.4, 0.5) is 5.69 Å². The Bertz CT molecular complexity index is 800. The second-order valence-corrected chi connectivity index (χ2v) is 6.39. The molecule has 0 unspecified atom stereocenters. The van der Waals surface area contributed by atoms with Crippen molar-refractivity contribution in [2.45, 2.75) is 33.7 Å². The predicted molar refractivity (Wildman–Crippen MR) is 93.8 cm³/mol. The van der Waals surface area contributed by atoms with Crippen LogP contribution < -0.4 is 5.73 Å². The summed E-state index contributed by atoms with van der Waals surface area (Å²) < 4.78 is 2.32. The fourth-order valence-corrected chi connectivity index (χ4v) is 2.75. The van der Waals surface area contributed by atoms with E-state index in [1.807, 2.05) is 18.2 Å². The number of aromatic nitrogens is 2. The van der Waals surface area contributed by atoms with Gasteiger partial charge in [0.15, 0.2) is 0 Å². The van der Waals surface area contributed by atoms with Crippen LogP contribution in [0.25, 0.3) is 22.4 Å². The summed E-state index contributed by atoms with van der Waals surface area (Å²) in [5, 5.41) is 0. The molecule has 0 saturated heterocycles. The molecule has 22 heavy (non-hydrogen) atoms. The summed E-state index contributed by atoms with van der Waals surface area (Å²) in [7, 11) is 0. The second-order valence-electron chi connectivity index (χ2n) is 6.39. The van der Waals surface area contributed by atoms with E-state index in [1.165, 1.54) is 11.1 Å². The Morgan fingerprint density at radius 1 is 1.14 bits per heavy atom. The molecule has 0 radical (unpaired) electrons. The van der Waals surface area contributed by atoms with Gasteiger partial charge in [0.1, 0.15) is 5.82 Å². The molecule has 0 fully saturated rings. The molecule has 1 heterocycles. The van der Waals surface area contributed by atoms with E-state index in [0.29, 0.717) is 5.92 Å². The van der Waals surface area contributed by atoms with Crippen LogP contribution in [-0.4, -0.2) is 9.55 Å². The molecule has 0 bridgehead atoms. The average Bonchev–Trinajstić information content (AvgIpc) is 2.82. The molecule has 2 aromatic carbocycles. The minimum Gasteiger partial charge on any atom is -0.399 e. The highest BCUT2D eigenvalue weighted by Gasteiger charge is 2.13. The van der Waals surface area contributed by atoms with E-state index in [-0.39, 0.29) is 0 Å². The van der Waals surface area contributed by atoms with Gasteiger partial charge >= 0.3 is 0 Å². The van der Waals surface area contributed by atoms with Gasteiger partial charge in [0.05, 0.1) is 11.0 Å². The Morgan fingerprint density at radius 2 is 1.95 bits per heavy atom. The molecular weight excluding hydrogens is 270 g/mol. The first-order valence-corrected chi connectivity index (χ1v) is 7.87. The number of anilines is 1. The highest BCUT2D eigenvalue weighted by molar-refractivity contribution is 5.81. The van der Waals surface area contributed by atoms with E-state index in [2.05, 4.69) is 49.6 Å². The van der Waals surface area contributed by atoms with Gasteiger partial charge in [-0.3, -0.25) is 0 Å². The molecule has 114 valence electrons. The molecule has 3 rings (SSSR count). The van der Waals surface area contributed by atoms with Crippen LogP contribution in [-0.2, 0) is 6.54 Å². The zero-order valence-corrected chi connectivity index (χ0v) is 13.5. The predicted octanol–water partition coefficient (Wildman–Crippen LogP) is 4.64. The molecule has 0 aliphatic heterocycles. The van der Waals surface area contributed by atoms with E-state index >= 15 is 0 Å². The van der Waals surface area contributed by atoms with Crippen LogP contribution in [0.2, 0.25) is 0 Å². The number of nitrogens with zero attached hydrogens (tertiary/aromatic N) is 2. The molecule has 3 nitrogen and oxygen atoms in total. The van der Waals surface area contributed by atoms with Crippen molar-refractivity contribution in [2.24, 2.45) is 5.92 Å². The van der Waals surface area contributed by atoms with Crippen LogP contribution in [0.5, 0.6) is 0 Å². The van der Waals surface area contributed by atoms with Crippen molar-refractivity contribution >= 4 is 16.7 Å². The summed E-state index contributed by atoms with van der Waals surface area (Å²) in [5.41, 5.74) is 11.3. The molecule has 0 spiro atoms. The molecule has 2 N–H and O–H groups in total. The fraction of sp³-hybridized carbons (Fsp3) is 0.316. The van der Waals surface area contributed by atoms with Gasteiger partial charge in [0.25, 0.3) is 0 Å². The number of hydrogen-bond donors (Lipinski definition) is 1. The van der Waals surface area contributed by atoms with Crippen LogP contribution in [0.3, 0.4) is 0 Å². The monoisotopic (exact) mass is 293 g/mol. The zero-order chi connectivity index (χ0) is 15.7. The molecule has 0 aliphatic rings. The maximum absolute atomic E-state index is 5.95. The number of hydrogen-bond acceptors (Lipinski definition) is 2. The molecule has 3 heteroatoms. The molecule has 0 amide bonds. The Morgan fingerprint density at radius 3 is 2.68 bits per heavy atom. The summed E-state index contributed by atoms with van der Waals surface area (Å²) >= 11 is 0. The van der Waals surface area contributed by atoms with E-state index in [9.17, 15) is 0 Å². The lowest BCUT2D eigenvalue weighted by Crippen LogP contribution is -2.04. The van der Waals surface area contributed by atoms with Crippen molar-refractivity contribution in [2.75, 3.05) is 5.73 Å². The third-order valence-electron chi connectivity index (χ3n) is 3.98. The smallest absolute Gasteiger partial charge is 0.141 e. The standard InChI is InChI=1S/C19H23N3/c1-13(2)9-10-22-18-8-7-14(3)11-17(18)21-19(22)15-5-4-6-16(20)12-15/h4-8,11-13H,9-10,20H2,1-3H3. The number of nitrogens with two attached hydrogens (primary N) is 1. The van der Waals surface area contributed by atoms with Gasteiger partial charge in [-0.05, 0) is 49.1 Å². The van der Waals surface area contributed by atoms with E-state index in [4.69, 9.17) is 10.7 Å². The lowest BCUT2D eigenvalue weighted by Gasteiger charge is -2.11. The van der Waals surface area contributed by atoms with Crippen molar-refractivity contribution in [3.63, 3.8) is 0 Å². The molecule has 1 aromatic heterocycles. The summed E-state index contributed by atoms with van der Waals surface area (Å²) in [6.07, 6.45) is 1.13. The fourth-order valence-electron chi connectivity index (χ4n) is 2.75. The number of benzene rings is 2. The van der Waals surface area contributed by atoms with Crippen molar-refractivity contribution in [1.29, 1.82) is 0 Å². The SMILES string of the molecule is Cc1ccc2c(c1)nc(-c1cccc(N)c1)n2CCC(C)C. The molecular formula is C19H23N3. The lowest BCUT2D eigenvalue weighted by molar-refractivity contribution is 0.525. The maximum Gasteiger partial charge on any atom is 0.141 e. The quantitative estimate of drug-likeness (QED) is 0.712. The minimum atomic E-state index is 0.664. The van der Waals surface area contributed by atoms with Gasteiger partial charge < -0.3 is 10.3 Å². The Hall–Kier alpha value is -2.29. The minimum absolute atomic E-state index is 0.664. The van der Waals surface area contributed by atoms with E-state index in [1.54, 1.807) is 0 Å². The van der Waals surface area contributed by atoms with Gasteiger partial charge in [0, 0.05) is 17.8 Å². The Kier molecular flexibility index (Phi) is 3.88. The second kappa shape index (κ2) is 5.84. The van der Waals surface area contributed by atoms with Gasteiger partial charge in [-0.1, -0.05) is 32.0 Å². The van der Waals surface area contributed by atoms with Crippen LogP contribution in [0.15, 0.2) is 42.5 Å². The van der Waals surface area contributed by atoms with Gasteiger partial charge in [-0.15, -0.1) is 0 Å². The summed E-state index contributed by atoms with van der Waals surface area (Å²) in [4.78, 5) is 4.87. The molecule has 0 atom stereocenters. The van der Waals surface area contributed by atoms with Gasteiger partial charge in [-0.2, -0.15) is 0 Å². The van der Waals surface area contributed by atoms with Crippen LogP contribution in [0, 0.1) is 12.8 Å². The number of aryl methyl sites for hydroxylation is 2. The Labute approximate surface area is 131 Å². The lowest BCUT2D eigenvalue weighted by atomic mass is 10.1. The van der Waals surface area contributed by atoms with Crippen molar-refractivity contribution in [3.8, 4) is 11.4 Å². The highest BCUT2D eigenvalue weighted by atomic mass is 15.1. The third kappa shape index (κ3) is 2.84. The van der Waals surface area contributed by atoms with Gasteiger partial charge in [0.2, 0.25) is 0 Å². The Balaban J connectivity index is 2.16. The topological polar surface area (TPSA) is 43.8 Å². The van der Waals surface area contributed by atoms with E-state index in [0.717, 1.165) is 35.6 Å². The highest BCUT2D eigenvalue weighted by Crippen LogP contribution is 2.27. The molecule has 0 aliphatic carbocycles. The number of fused-ring (bicyclic) bond motifs is 1. The zero-order valence-electron chi connectivity index (χ0n) is 13.5. The normalized spacial score (nSPS) is 11.5. The number of rotatable bonds is 4. The first kappa shape index (κ1) is 14.6. The van der Waals surface area contributed by atoms with Crippen LogP contribution in [0.1, 0.15) is 25.8 Å². The summed E-state index contributed by atoms with van der Waals surface area (Å²) in [6.45, 7) is 7.58. The third-order valence-corrected chi connectivity index (χ3v) is 3.98. The number of imidazole rings is 1. The molecule has 3 aromatic rings. The van der Waals surface area contributed by atoms with Gasteiger partial charge in [-0.25, -0.2) is 4.98 Å². The van der Waals surface area contributed by atoms with E-state index < -0.39 is 0 Å². The first-order valence-electron chi connectivity index (χ1n) is 7.87. The van der Waals surface area contributed by atoms with Crippen molar-refractivity contribution < 1.29 is 0 Å². The summed E-state index contributed by atoms with van der Waals surface area (Å²) in [6, 6.07) is 14.5. The van der Waals surface area contributed by atoms with Crippen molar-refractivity contribution in [3.05, 3.63) is 48.0 Å². The summed E-state index contributed by atoms with van der Waals surface area (Å²) in [5.74, 6) is 1.67. The molecule has 0 saturated carbocycles. The van der Waals surface area contributed by atoms with Crippen LogP contribution >= 0.6 is 0 Å². The number of nitrogen functional groups attached to an aromatic ring is 1. The first-order chi connectivity index (χ1) is 10.5. The largest absolute Gasteiger partial charge is 0.399 e.